The second-order valence-corrected chi connectivity index (χ2v) is 8.33. The number of aliphatic carboxylic acids is 1. The molecule has 162 valence electrons. The van der Waals surface area contributed by atoms with Gasteiger partial charge in [-0.1, -0.05) is 53.5 Å². The Balaban J connectivity index is 1.58. The molecule has 3 aromatic rings. The largest absolute Gasteiger partial charge is 0.480 e. The highest BCUT2D eigenvalue weighted by Crippen LogP contribution is 2.29. The molecule has 0 radical (unpaired) electrons. The van der Waals surface area contributed by atoms with E-state index in [1.807, 2.05) is 18.2 Å². The number of hydrogen-bond acceptors (Lipinski definition) is 4. The molecule has 0 bridgehead atoms. The zero-order valence-corrected chi connectivity index (χ0v) is 18.7. The topological polar surface area (TPSA) is 82.8 Å². The fourth-order valence-electron chi connectivity index (χ4n) is 3.38. The third kappa shape index (κ3) is 4.70. The zero-order valence-electron chi connectivity index (χ0n) is 16.4. The number of halogens is 2. The van der Waals surface area contributed by atoms with Crippen molar-refractivity contribution in [3.63, 3.8) is 0 Å². The van der Waals surface area contributed by atoms with Gasteiger partial charge >= 0.3 is 5.97 Å². The number of amides is 1. The van der Waals surface area contributed by atoms with Gasteiger partial charge in [0.25, 0.3) is 5.91 Å². The summed E-state index contributed by atoms with van der Waals surface area (Å²) in [6.45, 7) is 0. The Hall–Kier alpha value is -3.13. The Morgan fingerprint density at radius 2 is 1.81 bits per heavy atom. The van der Waals surface area contributed by atoms with E-state index in [0.717, 1.165) is 10.5 Å². The normalized spacial score (nSPS) is 15.8. The summed E-state index contributed by atoms with van der Waals surface area (Å²) in [7, 11) is 0. The molecule has 32 heavy (non-hydrogen) atoms. The molecule has 4 rings (SSSR count). The van der Waals surface area contributed by atoms with E-state index < -0.39 is 17.9 Å². The molecule has 2 aromatic carbocycles. The van der Waals surface area contributed by atoms with Gasteiger partial charge in [0.05, 0.1) is 0 Å². The first-order chi connectivity index (χ1) is 15.3. The van der Waals surface area contributed by atoms with Gasteiger partial charge in [0.15, 0.2) is 5.11 Å². The van der Waals surface area contributed by atoms with Crippen LogP contribution >= 0.6 is 35.4 Å². The molecule has 6 nitrogen and oxygen atoms in total. The minimum atomic E-state index is -1.15. The molecule has 0 saturated carbocycles. The third-order valence-electron chi connectivity index (χ3n) is 4.84. The molecule has 1 aliphatic heterocycles. The maximum Gasteiger partial charge on any atom is 0.327 e. The van der Waals surface area contributed by atoms with Crippen molar-refractivity contribution in [3.05, 3.63) is 87.7 Å². The Morgan fingerprint density at radius 3 is 2.47 bits per heavy atom. The van der Waals surface area contributed by atoms with Gasteiger partial charge in [-0.2, -0.15) is 0 Å². The molecule has 0 spiro atoms. The Morgan fingerprint density at radius 1 is 1.12 bits per heavy atom. The molecule has 1 atom stereocenters. The van der Waals surface area contributed by atoms with Crippen LogP contribution in [0.2, 0.25) is 10.0 Å². The van der Waals surface area contributed by atoms with E-state index in [1.165, 1.54) is 6.08 Å². The lowest BCUT2D eigenvalue weighted by atomic mass is 10.0. The van der Waals surface area contributed by atoms with Gasteiger partial charge < -0.3 is 14.8 Å². The monoisotopic (exact) mass is 486 g/mol. The maximum atomic E-state index is 13.0. The number of carbonyl (C=O) groups excluding carboxylic acids is 1. The highest BCUT2D eigenvalue weighted by molar-refractivity contribution is 7.80. The number of nitrogens with one attached hydrogen (secondary N) is 1. The standard InChI is InChI=1S/C23H16Cl2N2O4S/c24-15-9-14(10-16(25)11-15)20-7-6-17(31-20)12-18-21(28)27(23(32)26-18)19(22(29)30)8-13-4-2-1-3-5-13/h1-7,9-12,19H,8H2,(H,26,32)(H,29,30)/t19-/m0/s1. The number of rotatable bonds is 6. The highest BCUT2D eigenvalue weighted by Gasteiger charge is 2.39. The minimum Gasteiger partial charge on any atom is -0.480 e. The van der Waals surface area contributed by atoms with Crippen molar-refractivity contribution < 1.29 is 19.1 Å². The van der Waals surface area contributed by atoms with E-state index in [9.17, 15) is 14.7 Å². The first kappa shape index (κ1) is 22.1. The van der Waals surface area contributed by atoms with Crippen LogP contribution in [-0.2, 0) is 16.0 Å². The summed E-state index contributed by atoms with van der Waals surface area (Å²) < 4.78 is 5.80. The minimum absolute atomic E-state index is 0.0259. The number of carbonyl (C=O) groups is 2. The smallest absolute Gasteiger partial charge is 0.327 e. The molecular weight excluding hydrogens is 471 g/mol. The van der Waals surface area contributed by atoms with Crippen LogP contribution in [0.25, 0.3) is 17.4 Å². The Labute approximate surface area is 199 Å². The number of carboxylic acids is 1. The van der Waals surface area contributed by atoms with Crippen LogP contribution < -0.4 is 5.32 Å². The molecular formula is C23H16Cl2N2O4S. The summed E-state index contributed by atoms with van der Waals surface area (Å²) >= 11 is 17.4. The molecule has 9 heteroatoms. The Bertz CT molecular complexity index is 1220. The number of furan rings is 1. The molecule has 1 fully saturated rings. The van der Waals surface area contributed by atoms with E-state index in [1.54, 1.807) is 42.5 Å². The Kier molecular flexibility index (Phi) is 6.32. The van der Waals surface area contributed by atoms with Crippen molar-refractivity contribution >= 4 is 58.5 Å². The number of nitrogens with zero attached hydrogens (tertiary/aromatic N) is 1. The highest BCUT2D eigenvalue weighted by atomic mass is 35.5. The fourth-order valence-corrected chi connectivity index (χ4v) is 4.23. The van der Waals surface area contributed by atoms with Gasteiger partial charge in [0.1, 0.15) is 23.3 Å². The van der Waals surface area contributed by atoms with E-state index >= 15 is 0 Å². The number of thiocarbonyl (C=S) groups is 1. The fraction of sp³-hybridized carbons (Fsp3) is 0.0870. The van der Waals surface area contributed by atoms with Crippen LogP contribution in [0.1, 0.15) is 11.3 Å². The van der Waals surface area contributed by atoms with Crippen LogP contribution in [0.3, 0.4) is 0 Å². The third-order valence-corrected chi connectivity index (χ3v) is 5.57. The van der Waals surface area contributed by atoms with Gasteiger partial charge in [0.2, 0.25) is 0 Å². The van der Waals surface area contributed by atoms with Crippen LogP contribution in [0.4, 0.5) is 0 Å². The van der Waals surface area contributed by atoms with Crippen LogP contribution in [0.5, 0.6) is 0 Å². The van der Waals surface area contributed by atoms with Gasteiger partial charge in [-0.3, -0.25) is 9.69 Å². The molecule has 0 aliphatic carbocycles. The van der Waals surface area contributed by atoms with Crippen LogP contribution in [0, 0.1) is 0 Å². The molecule has 1 saturated heterocycles. The molecule has 2 heterocycles. The average Bonchev–Trinajstić information content (AvgIpc) is 3.31. The van der Waals surface area contributed by atoms with E-state index in [-0.39, 0.29) is 17.2 Å². The predicted molar refractivity (Wildman–Crippen MR) is 126 cm³/mol. The number of carboxylic acid groups (broad SMARTS) is 1. The van der Waals surface area contributed by atoms with Gasteiger partial charge in [-0.25, -0.2) is 4.79 Å². The van der Waals surface area contributed by atoms with Gasteiger partial charge in [0, 0.05) is 28.1 Å². The molecule has 1 amide bonds. The lowest BCUT2D eigenvalue weighted by molar-refractivity contribution is -0.145. The molecule has 2 N–H and O–H groups in total. The average molecular weight is 487 g/mol. The number of benzene rings is 2. The lowest BCUT2D eigenvalue weighted by Crippen LogP contribution is -2.46. The van der Waals surface area contributed by atoms with Crippen molar-refractivity contribution in [1.82, 2.24) is 10.2 Å². The summed E-state index contributed by atoms with van der Waals surface area (Å²) in [5.41, 5.74) is 1.59. The first-order valence-corrected chi connectivity index (χ1v) is 10.7. The van der Waals surface area contributed by atoms with Crippen molar-refractivity contribution in [2.45, 2.75) is 12.5 Å². The van der Waals surface area contributed by atoms with Crippen LogP contribution in [-0.4, -0.2) is 33.0 Å². The van der Waals surface area contributed by atoms with E-state index in [4.69, 9.17) is 39.8 Å². The first-order valence-electron chi connectivity index (χ1n) is 9.51. The van der Waals surface area contributed by atoms with Crippen molar-refractivity contribution in [2.24, 2.45) is 0 Å². The lowest BCUT2D eigenvalue weighted by Gasteiger charge is -2.22. The summed E-state index contributed by atoms with van der Waals surface area (Å²) in [4.78, 5) is 26.0. The predicted octanol–water partition coefficient (Wildman–Crippen LogP) is 5.01. The summed E-state index contributed by atoms with van der Waals surface area (Å²) in [6.07, 6.45) is 1.60. The quantitative estimate of drug-likeness (QED) is 0.376. The molecule has 1 aliphatic rings. The summed E-state index contributed by atoms with van der Waals surface area (Å²) in [5, 5.41) is 13.5. The zero-order chi connectivity index (χ0) is 22.8. The van der Waals surface area contributed by atoms with Gasteiger partial charge in [-0.15, -0.1) is 0 Å². The van der Waals surface area contributed by atoms with Crippen molar-refractivity contribution in [3.8, 4) is 11.3 Å². The van der Waals surface area contributed by atoms with Crippen LogP contribution in [0.15, 0.2) is 70.8 Å². The summed E-state index contributed by atoms with van der Waals surface area (Å²) in [5.74, 6) is -0.794. The number of hydrogen-bond donors (Lipinski definition) is 2. The SMILES string of the molecule is O=C(O)[C@H](Cc1ccccc1)N1C(=O)C(=Cc2ccc(-c3cc(Cl)cc(Cl)c3)o2)NC1=S. The van der Waals surface area contributed by atoms with Crippen molar-refractivity contribution in [2.75, 3.05) is 0 Å². The van der Waals surface area contributed by atoms with E-state index in [0.29, 0.717) is 27.1 Å². The molecule has 1 aromatic heterocycles. The summed E-state index contributed by atoms with van der Waals surface area (Å²) in [6, 6.07) is 16.3. The van der Waals surface area contributed by atoms with Crippen molar-refractivity contribution in [1.29, 1.82) is 0 Å². The molecule has 0 unspecified atom stereocenters. The van der Waals surface area contributed by atoms with E-state index in [2.05, 4.69) is 5.32 Å². The second-order valence-electron chi connectivity index (χ2n) is 7.07. The maximum absolute atomic E-state index is 13.0. The van der Waals surface area contributed by atoms with Gasteiger partial charge in [-0.05, 0) is 48.1 Å². The second kappa shape index (κ2) is 9.16.